The Kier molecular flexibility index (Phi) is 6.88. The number of anilines is 1. The lowest BCUT2D eigenvalue weighted by Gasteiger charge is -2.29. The molecule has 1 aromatic heterocycles. The molecule has 0 radical (unpaired) electrons. The minimum Gasteiger partial charge on any atom is -0.392 e. The molecule has 1 aliphatic rings. The van der Waals surface area contributed by atoms with E-state index in [0.717, 1.165) is 42.3 Å². The van der Waals surface area contributed by atoms with Gasteiger partial charge in [-0.3, -0.25) is 4.90 Å². The highest BCUT2D eigenvalue weighted by Crippen LogP contribution is 2.33. The minimum absolute atomic E-state index is 0.379. The van der Waals surface area contributed by atoms with Crippen molar-refractivity contribution in [2.45, 2.75) is 33.4 Å². The average Bonchev–Trinajstić information content (AvgIpc) is 3.05. The lowest BCUT2D eigenvalue weighted by atomic mass is 10.1. The molecular weight excluding hydrogens is 342 g/mol. The van der Waals surface area contributed by atoms with Crippen LogP contribution in [0.25, 0.3) is 11.3 Å². The monoisotopic (exact) mass is 373 g/mol. The van der Waals surface area contributed by atoms with Gasteiger partial charge in [-0.15, -0.1) is 0 Å². The van der Waals surface area contributed by atoms with Gasteiger partial charge >= 0.3 is 0 Å². The Balaban J connectivity index is 1.94. The van der Waals surface area contributed by atoms with Crippen molar-refractivity contribution in [3.8, 4) is 11.3 Å². The van der Waals surface area contributed by atoms with Gasteiger partial charge < -0.3 is 19.3 Å². The highest BCUT2D eigenvalue weighted by atomic mass is 16.5. The third-order valence-electron chi connectivity index (χ3n) is 4.64. The second kappa shape index (κ2) is 9.35. The van der Waals surface area contributed by atoms with Crippen LogP contribution >= 0.6 is 0 Å². The first-order chi connectivity index (χ1) is 13.0. The van der Waals surface area contributed by atoms with Crippen molar-refractivity contribution in [1.29, 1.82) is 0 Å². The lowest BCUT2D eigenvalue weighted by Crippen LogP contribution is -2.38. The molecule has 1 saturated heterocycles. The van der Waals surface area contributed by atoms with Gasteiger partial charge in [-0.05, 0) is 12.8 Å². The average molecular weight is 373 g/mol. The largest absolute Gasteiger partial charge is 0.392 e. The number of morpholine rings is 1. The van der Waals surface area contributed by atoms with Gasteiger partial charge in [0.1, 0.15) is 5.69 Å². The molecule has 1 aliphatic heterocycles. The maximum Gasteiger partial charge on any atom is 0.232 e. The highest BCUT2D eigenvalue weighted by molar-refractivity contribution is 5.68. The molecule has 1 atom stereocenters. The van der Waals surface area contributed by atoms with Crippen LogP contribution in [0.15, 0.2) is 34.9 Å². The molecule has 0 aliphatic carbocycles. The quantitative estimate of drug-likeness (QED) is 0.767. The second-order valence-corrected chi connectivity index (χ2v) is 7.72. The first kappa shape index (κ1) is 19.9. The maximum atomic E-state index is 9.96. The van der Waals surface area contributed by atoms with Gasteiger partial charge in [-0.25, -0.2) is 0 Å². The number of aromatic nitrogens is 1. The molecule has 2 heterocycles. The van der Waals surface area contributed by atoms with E-state index in [1.54, 1.807) is 0 Å². The van der Waals surface area contributed by atoms with Crippen molar-refractivity contribution in [3.05, 3.63) is 35.9 Å². The smallest absolute Gasteiger partial charge is 0.232 e. The lowest BCUT2D eigenvalue weighted by molar-refractivity contribution is 0.113. The molecule has 6 heteroatoms. The molecule has 0 bridgehead atoms. The molecule has 6 nitrogen and oxygen atoms in total. The summed E-state index contributed by atoms with van der Waals surface area (Å²) in [6, 6.07) is 10.2. The Hall–Kier alpha value is -1.89. The van der Waals surface area contributed by atoms with E-state index >= 15 is 0 Å². The summed E-state index contributed by atoms with van der Waals surface area (Å²) in [5.41, 5.74) is 3.03. The minimum atomic E-state index is -0.379. The van der Waals surface area contributed by atoms with Crippen LogP contribution in [0.5, 0.6) is 0 Å². The third kappa shape index (κ3) is 5.31. The van der Waals surface area contributed by atoms with Crippen molar-refractivity contribution in [2.75, 3.05) is 44.3 Å². The summed E-state index contributed by atoms with van der Waals surface area (Å²) in [4.78, 5) is 4.51. The van der Waals surface area contributed by atoms with E-state index in [1.807, 2.05) is 25.1 Å². The molecule has 1 N–H and O–H groups in total. The van der Waals surface area contributed by atoms with Crippen molar-refractivity contribution in [1.82, 2.24) is 10.1 Å². The Bertz CT molecular complexity index is 684. The SMILES string of the molecule is CC(C)CN(Cc1c(-c2ccccc2)noc1N1CCOCC1)CC(C)O. The first-order valence-corrected chi connectivity index (χ1v) is 9.81. The molecule has 3 rings (SSSR count). The number of benzene rings is 1. The number of nitrogens with zero attached hydrogens (tertiary/aromatic N) is 3. The summed E-state index contributed by atoms with van der Waals surface area (Å²) in [6.07, 6.45) is -0.379. The predicted octanol–water partition coefficient (Wildman–Crippen LogP) is 3.02. The molecule has 148 valence electrons. The number of aliphatic hydroxyl groups excluding tert-OH is 1. The van der Waals surface area contributed by atoms with Gasteiger partial charge in [-0.2, -0.15) is 0 Å². The zero-order valence-corrected chi connectivity index (χ0v) is 16.6. The van der Waals surface area contributed by atoms with Crippen LogP contribution in [0.4, 0.5) is 5.88 Å². The van der Waals surface area contributed by atoms with Gasteiger partial charge in [0.2, 0.25) is 5.88 Å². The van der Waals surface area contributed by atoms with Crippen LogP contribution in [0.2, 0.25) is 0 Å². The van der Waals surface area contributed by atoms with E-state index in [-0.39, 0.29) is 6.10 Å². The fraction of sp³-hybridized carbons (Fsp3) is 0.571. The zero-order chi connectivity index (χ0) is 19.2. The fourth-order valence-electron chi connectivity index (χ4n) is 3.60. The summed E-state index contributed by atoms with van der Waals surface area (Å²) in [5.74, 6) is 1.34. The Morgan fingerprint density at radius 1 is 1.11 bits per heavy atom. The highest BCUT2D eigenvalue weighted by Gasteiger charge is 2.26. The topological polar surface area (TPSA) is 62.0 Å². The maximum absolute atomic E-state index is 9.96. The first-order valence-electron chi connectivity index (χ1n) is 9.81. The van der Waals surface area contributed by atoms with E-state index in [9.17, 15) is 5.11 Å². The van der Waals surface area contributed by atoms with Crippen LogP contribution in [0.1, 0.15) is 26.3 Å². The normalized spacial score (nSPS) is 16.3. The predicted molar refractivity (Wildman–Crippen MR) is 107 cm³/mol. The van der Waals surface area contributed by atoms with E-state index in [4.69, 9.17) is 9.26 Å². The zero-order valence-electron chi connectivity index (χ0n) is 16.6. The molecule has 1 aromatic carbocycles. The van der Waals surface area contributed by atoms with Crippen LogP contribution in [0, 0.1) is 5.92 Å². The van der Waals surface area contributed by atoms with Crippen LogP contribution in [0.3, 0.4) is 0 Å². The molecule has 1 fully saturated rings. The van der Waals surface area contributed by atoms with E-state index in [1.165, 1.54) is 0 Å². The van der Waals surface area contributed by atoms with Gasteiger partial charge in [0.25, 0.3) is 0 Å². The molecule has 27 heavy (non-hydrogen) atoms. The van der Waals surface area contributed by atoms with Gasteiger partial charge in [-0.1, -0.05) is 49.3 Å². The summed E-state index contributed by atoms with van der Waals surface area (Å²) in [7, 11) is 0. The van der Waals surface area contributed by atoms with E-state index in [2.05, 4.69) is 40.9 Å². The summed E-state index contributed by atoms with van der Waals surface area (Å²) in [5, 5.41) is 14.4. The second-order valence-electron chi connectivity index (χ2n) is 7.72. The van der Waals surface area contributed by atoms with E-state index < -0.39 is 0 Å². The number of hydrogen-bond donors (Lipinski definition) is 1. The molecule has 0 spiro atoms. The third-order valence-corrected chi connectivity index (χ3v) is 4.64. The van der Waals surface area contributed by atoms with Crippen molar-refractivity contribution in [3.63, 3.8) is 0 Å². The summed E-state index contributed by atoms with van der Waals surface area (Å²) < 4.78 is 11.3. The Labute approximate surface area is 161 Å². The van der Waals surface area contributed by atoms with Gasteiger partial charge in [0.05, 0.1) is 24.9 Å². The van der Waals surface area contributed by atoms with Crippen molar-refractivity contribution < 1.29 is 14.4 Å². The number of hydrogen-bond acceptors (Lipinski definition) is 6. The van der Waals surface area contributed by atoms with Gasteiger partial charge in [0, 0.05) is 38.3 Å². The molecular formula is C21H31N3O3. The Morgan fingerprint density at radius 2 is 1.81 bits per heavy atom. The van der Waals surface area contributed by atoms with Crippen LogP contribution in [-0.4, -0.2) is 60.7 Å². The van der Waals surface area contributed by atoms with Crippen molar-refractivity contribution in [2.24, 2.45) is 5.92 Å². The van der Waals surface area contributed by atoms with Crippen LogP contribution < -0.4 is 4.90 Å². The Morgan fingerprint density at radius 3 is 2.44 bits per heavy atom. The molecule has 1 unspecified atom stereocenters. The summed E-state index contributed by atoms with van der Waals surface area (Å²) in [6.45, 7) is 11.5. The number of rotatable bonds is 8. The number of aliphatic hydroxyl groups is 1. The molecule has 0 amide bonds. The fourth-order valence-corrected chi connectivity index (χ4v) is 3.60. The summed E-state index contributed by atoms with van der Waals surface area (Å²) >= 11 is 0. The molecule has 2 aromatic rings. The van der Waals surface area contributed by atoms with Crippen LogP contribution in [-0.2, 0) is 11.3 Å². The van der Waals surface area contributed by atoms with Crippen molar-refractivity contribution >= 4 is 5.88 Å². The standard InChI is InChI=1S/C21H31N3O3/c1-16(2)13-23(14-17(3)25)15-19-20(18-7-5-4-6-8-18)22-27-21(19)24-9-11-26-12-10-24/h4-8,16-17,25H,9-15H2,1-3H3. The van der Waals surface area contributed by atoms with E-state index in [0.29, 0.717) is 32.2 Å². The van der Waals surface area contributed by atoms with Gasteiger partial charge in [0.15, 0.2) is 0 Å². The molecule has 0 saturated carbocycles. The number of ether oxygens (including phenoxy) is 1.